The SMILES string of the molecule is C[C@H](CCC(=O)O)[C@H]1CC[C@H]2[C@@H]3CC[C@@H]4C[C@H](OC(=O)CC[C@@H](C)[C@H]5CCC6C7C(CC[C@@]65C)[C@@]5(C)CC[C@@H](O)CC5C[C@H]7O)CC[C@]4(C)[C@H]3C[C@H](O)[C@]12C. The van der Waals surface area contributed by atoms with Gasteiger partial charge in [-0.3, -0.25) is 9.59 Å². The average Bonchev–Trinajstić information content (AvgIpc) is 3.69. The third kappa shape index (κ3) is 6.60. The molecule has 0 saturated heterocycles. The van der Waals surface area contributed by atoms with E-state index < -0.39 is 5.97 Å². The molecular formula is C48H78O7. The topological polar surface area (TPSA) is 124 Å². The van der Waals surface area contributed by atoms with Gasteiger partial charge in [-0.2, -0.15) is 0 Å². The standard InChI is InChI=1S/C48H78O7/c1-27(34-11-14-37-44-38(19-22-47(34,37)5)46(4)20-17-31(49)23-30(46)25-40(44)50)8-16-43(54)55-32-18-21-45(3)29(24-32)9-10-33-36-13-12-35(28(2)7-15-42(52)53)48(36,6)41(51)26-39(33)45/h27-41,44,49-51H,7-26H2,1-6H3,(H,52,53)/t27-,28-,29-,30?,31-,32-,33+,34-,35-,36+,37?,38?,39+,40-,41+,44?,45+,46+,47-,48-/m1/s1. The van der Waals surface area contributed by atoms with Crippen molar-refractivity contribution in [3.05, 3.63) is 0 Å². The first-order chi connectivity index (χ1) is 26.0. The molecule has 0 radical (unpaired) electrons. The number of hydrogen-bond acceptors (Lipinski definition) is 6. The lowest BCUT2D eigenvalue weighted by atomic mass is 9.43. The molecule has 8 saturated carbocycles. The minimum Gasteiger partial charge on any atom is -0.481 e. The zero-order valence-electron chi connectivity index (χ0n) is 35.4. The van der Waals surface area contributed by atoms with E-state index in [0.29, 0.717) is 83.9 Å². The second-order valence-corrected chi connectivity index (χ2v) is 22.7. The molecule has 8 aliphatic carbocycles. The lowest BCUT2D eigenvalue weighted by molar-refractivity contribution is -0.182. The Morgan fingerprint density at radius 2 is 1.27 bits per heavy atom. The fourth-order valence-corrected chi connectivity index (χ4v) is 17.8. The van der Waals surface area contributed by atoms with Crippen molar-refractivity contribution in [1.82, 2.24) is 0 Å². The fraction of sp³-hybridized carbons (Fsp3) is 0.958. The molecule has 20 atom stereocenters. The summed E-state index contributed by atoms with van der Waals surface area (Å²) in [5.41, 5.74) is 0.516. The van der Waals surface area contributed by atoms with Gasteiger partial charge in [-0.05, 0) is 208 Å². The molecule has 8 aliphatic rings. The number of ether oxygens (including phenoxy) is 1. The average molecular weight is 767 g/mol. The van der Waals surface area contributed by atoms with E-state index in [1.165, 1.54) is 38.5 Å². The van der Waals surface area contributed by atoms with Crippen LogP contribution in [-0.4, -0.2) is 56.8 Å². The van der Waals surface area contributed by atoms with E-state index in [0.717, 1.165) is 70.6 Å². The summed E-state index contributed by atoms with van der Waals surface area (Å²) in [5.74, 6) is 5.10. The van der Waals surface area contributed by atoms with Crippen LogP contribution in [0.5, 0.6) is 0 Å². The van der Waals surface area contributed by atoms with Crippen LogP contribution >= 0.6 is 0 Å². The quantitative estimate of drug-likeness (QED) is 0.173. The van der Waals surface area contributed by atoms with Gasteiger partial charge in [0.15, 0.2) is 0 Å². The summed E-state index contributed by atoms with van der Waals surface area (Å²) < 4.78 is 6.33. The Kier molecular flexibility index (Phi) is 10.9. The van der Waals surface area contributed by atoms with Crippen LogP contribution in [-0.2, 0) is 14.3 Å². The zero-order chi connectivity index (χ0) is 39.2. The van der Waals surface area contributed by atoms with Crippen molar-refractivity contribution in [1.29, 1.82) is 0 Å². The summed E-state index contributed by atoms with van der Waals surface area (Å²) in [5, 5.41) is 43.4. The van der Waals surface area contributed by atoms with Gasteiger partial charge >= 0.3 is 11.9 Å². The lowest BCUT2D eigenvalue weighted by Gasteiger charge is -2.62. The summed E-state index contributed by atoms with van der Waals surface area (Å²) in [4.78, 5) is 24.9. The Balaban J connectivity index is 0.842. The highest BCUT2D eigenvalue weighted by molar-refractivity contribution is 5.69. The maximum atomic E-state index is 13.5. The van der Waals surface area contributed by atoms with Crippen LogP contribution in [0.25, 0.3) is 0 Å². The molecule has 0 heterocycles. The second kappa shape index (κ2) is 14.8. The Morgan fingerprint density at radius 1 is 0.636 bits per heavy atom. The van der Waals surface area contributed by atoms with Crippen molar-refractivity contribution >= 4 is 11.9 Å². The van der Waals surface area contributed by atoms with Crippen LogP contribution in [0.2, 0.25) is 0 Å². The molecule has 8 fully saturated rings. The smallest absolute Gasteiger partial charge is 0.306 e. The zero-order valence-corrected chi connectivity index (χ0v) is 35.4. The molecule has 0 aliphatic heterocycles. The number of aliphatic carboxylic acids is 1. The maximum Gasteiger partial charge on any atom is 0.306 e. The van der Waals surface area contributed by atoms with E-state index in [2.05, 4.69) is 41.5 Å². The van der Waals surface area contributed by atoms with E-state index in [1.807, 2.05) is 0 Å². The van der Waals surface area contributed by atoms with Crippen LogP contribution < -0.4 is 0 Å². The summed E-state index contributed by atoms with van der Waals surface area (Å²) in [6.45, 7) is 14.5. The van der Waals surface area contributed by atoms with E-state index in [1.54, 1.807) is 0 Å². The fourth-order valence-electron chi connectivity index (χ4n) is 17.8. The van der Waals surface area contributed by atoms with Crippen LogP contribution in [0.15, 0.2) is 0 Å². The summed E-state index contributed by atoms with van der Waals surface area (Å²) in [6, 6.07) is 0. The number of hydrogen-bond donors (Lipinski definition) is 4. The number of rotatable bonds is 9. The maximum absolute atomic E-state index is 13.5. The van der Waals surface area contributed by atoms with Gasteiger partial charge in [0.1, 0.15) is 6.10 Å². The molecule has 4 unspecified atom stereocenters. The number of aliphatic hydroxyl groups is 3. The Labute approximate surface area is 332 Å². The van der Waals surface area contributed by atoms with Gasteiger partial charge in [0.05, 0.1) is 18.3 Å². The predicted octanol–water partition coefficient (Wildman–Crippen LogP) is 9.44. The first-order valence-electron chi connectivity index (χ1n) is 23.5. The first-order valence-corrected chi connectivity index (χ1v) is 23.5. The number of aliphatic hydroxyl groups excluding tert-OH is 3. The van der Waals surface area contributed by atoms with Crippen molar-refractivity contribution < 1.29 is 34.8 Å². The first kappa shape index (κ1) is 40.6. The van der Waals surface area contributed by atoms with Crippen LogP contribution in [0.4, 0.5) is 0 Å². The molecule has 8 rings (SSSR count). The number of carboxylic acid groups (broad SMARTS) is 1. The number of carbonyl (C=O) groups excluding carboxylic acids is 1. The number of carbonyl (C=O) groups is 2. The highest BCUT2D eigenvalue weighted by Crippen LogP contribution is 2.70. The van der Waals surface area contributed by atoms with Gasteiger partial charge < -0.3 is 25.2 Å². The van der Waals surface area contributed by atoms with E-state index in [4.69, 9.17) is 4.74 Å². The van der Waals surface area contributed by atoms with Crippen LogP contribution in [0.3, 0.4) is 0 Å². The molecule has 55 heavy (non-hydrogen) atoms. The minimum absolute atomic E-state index is 0.00434. The molecule has 7 heteroatoms. The molecule has 4 N–H and O–H groups in total. The molecule has 7 nitrogen and oxygen atoms in total. The molecule has 0 aromatic heterocycles. The van der Waals surface area contributed by atoms with E-state index >= 15 is 0 Å². The predicted molar refractivity (Wildman–Crippen MR) is 214 cm³/mol. The Bertz CT molecular complexity index is 1430. The van der Waals surface area contributed by atoms with Crippen molar-refractivity contribution in [2.24, 2.45) is 92.7 Å². The van der Waals surface area contributed by atoms with Crippen LogP contribution in [0, 0.1) is 92.7 Å². The largest absolute Gasteiger partial charge is 0.481 e. The van der Waals surface area contributed by atoms with Gasteiger partial charge in [-0.25, -0.2) is 0 Å². The molecule has 0 aromatic carbocycles. The van der Waals surface area contributed by atoms with Gasteiger partial charge in [-0.1, -0.05) is 41.5 Å². The van der Waals surface area contributed by atoms with Crippen molar-refractivity contribution in [3.63, 3.8) is 0 Å². The molecule has 312 valence electrons. The normalized spacial score (nSPS) is 52.7. The van der Waals surface area contributed by atoms with Crippen molar-refractivity contribution in [3.8, 4) is 0 Å². The number of fused-ring (bicyclic) bond motifs is 10. The second-order valence-electron chi connectivity index (χ2n) is 22.7. The minimum atomic E-state index is -0.719. The summed E-state index contributed by atoms with van der Waals surface area (Å²) >= 11 is 0. The molecule has 0 amide bonds. The van der Waals surface area contributed by atoms with Gasteiger partial charge in [0.2, 0.25) is 0 Å². The van der Waals surface area contributed by atoms with Crippen LogP contribution in [0.1, 0.15) is 170 Å². The number of esters is 1. The van der Waals surface area contributed by atoms with Gasteiger partial charge in [-0.15, -0.1) is 0 Å². The van der Waals surface area contributed by atoms with Crippen molar-refractivity contribution in [2.75, 3.05) is 0 Å². The summed E-state index contributed by atoms with van der Waals surface area (Å²) in [6.07, 6.45) is 18.5. The van der Waals surface area contributed by atoms with Crippen molar-refractivity contribution in [2.45, 2.75) is 194 Å². The summed E-state index contributed by atoms with van der Waals surface area (Å²) in [7, 11) is 0. The third-order valence-electron chi connectivity index (χ3n) is 20.8. The molecule has 0 aromatic rings. The Morgan fingerprint density at radius 3 is 2.04 bits per heavy atom. The molecule has 0 spiro atoms. The Hall–Kier alpha value is -1.18. The van der Waals surface area contributed by atoms with E-state index in [9.17, 15) is 30.0 Å². The van der Waals surface area contributed by atoms with Gasteiger partial charge in [0, 0.05) is 12.8 Å². The highest BCUT2D eigenvalue weighted by atomic mass is 16.5. The monoisotopic (exact) mass is 767 g/mol. The third-order valence-corrected chi connectivity index (χ3v) is 20.8. The van der Waals surface area contributed by atoms with E-state index in [-0.39, 0.29) is 58.5 Å². The number of carboxylic acids is 1. The lowest BCUT2D eigenvalue weighted by Crippen LogP contribution is -2.59. The highest BCUT2D eigenvalue weighted by Gasteiger charge is 2.65. The molecule has 0 bridgehead atoms. The molecular weight excluding hydrogens is 689 g/mol. The van der Waals surface area contributed by atoms with Gasteiger partial charge in [0.25, 0.3) is 0 Å².